The normalized spacial score (nSPS) is 43.2. The van der Waals surface area contributed by atoms with E-state index in [0.717, 1.165) is 30.2 Å². The number of ketones is 1. The highest BCUT2D eigenvalue weighted by molar-refractivity contribution is 6.76. The summed E-state index contributed by atoms with van der Waals surface area (Å²) < 4.78 is 12.3. The minimum absolute atomic E-state index is 0.0593. The van der Waals surface area contributed by atoms with Crippen LogP contribution in [0.3, 0.4) is 0 Å². The van der Waals surface area contributed by atoms with Gasteiger partial charge in [-0.25, -0.2) is 0 Å². The van der Waals surface area contributed by atoms with Gasteiger partial charge in [0.1, 0.15) is 12.4 Å². The maximum absolute atomic E-state index is 13.9. The molecule has 39 heavy (non-hydrogen) atoms. The van der Waals surface area contributed by atoms with Gasteiger partial charge in [0.2, 0.25) is 0 Å². The molecule has 0 aromatic heterocycles. The van der Waals surface area contributed by atoms with Gasteiger partial charge in [-0.1, -0.05) is 73.5 Å². The fourth-order valence-electron chi connectivity index (χ4n) is 9.90. The van der Waals surface area contributed by atoms with Crippen LogP contribution >= 0.6 is 0 Å². The Morgan fingerprint density at radius 2 is 1.77 bits per heavy atom. The quantitative estimate of drug-likeness (QED) is 0.159. The first-order chi connectivity index (χ1) is 18.1. The van der Waals surface area contributed by atoms with Crippen LogP contribution in [0.15, 0.2) is 0 Å². The number of aliphatic hydroxyl groups excluding tert-OH is 1. The second-order valence-electron chi connectivity index (χ2n) is 16.3. The molecule has 0 bridgehead atoms. The highest BCUT2D eigenvalue weighted by Crippen LogP contribution is 2.68. The zero-order chi connectivity index (χ0) is 28.8. The van der Waals surface area contributed by atoms with Gasteiger partial charge in [0, 0.05) is 39.4 Å². The van der Waals surface area contributed by atoms with Gasteiger partial charge in [0.15, 0.2) is 5.78 Å². The number of carbonyl (C=O) groups is 1. The number of hydrogen-bond donors (Lipinski definition) is 2. The molecule has 0 saturated heterocycles. The van der Waals surface area contributed by atoms with E-state index >= 15 is 0 Å². The van der Waals surface area contributed by atoms with E-state index in [1.165, 1.54) is 38.5 Å². The average molecular weight is 565 g/mol. The van der Waals surface area contributed by atoms with Crippen molar-refractivity contribution in [3.8, 4) is 0 Å². The fraction of sp³-hybridized carbons (Fsp3) is 0.970. The van der Waals surface area contributed by atoms with Crippen molar-refractivity contribution in [2.45, 2.75) is 142 Å². The Hall–Kier alpha value is -0.273. The van der Waals surface area contributed by atoms with E-state index in [9.17, 15) is 15.0 Å². The predicted octanol–water partition coefficient (Wildman–Crippen LogP) is 7.07. The number of hydrogen-bond acceptors (Lipinski definition) is 5. The summed E-state index contributed by atoms with van der Waals surface area (Å²) in [5.74, 6) is 3.20. The third kappa shape index (κ3) is 5.98. The Balaban J connectivity index is 1.52. The van der Waals surface area contributed by atoms with E-state index in [1.54, 1.807) is 0 Å². The molecular formula is C33H60O5Si. The molecule has 6 heteroatoms. The molecule has 5 nitrogen and oxygen atoms in total. The van der Waals surface area contributed by atoms with E-state index in [4.69, 9.17) is 9.47 Å². The summed E-state index contributed by atoms with van der Waals surface area (Å²) >= 11 is 0. The summed E-state index contributed by atoms with van der Waals surface area (Å²) in [6.07, 6.45) is 8.54. The number of Topliss-reactive ketones (excluding diaryl/α,β-unsaturated/α-hetero) is 1. The van der Waals surface area contributed by atoms with Gasteiger partial charge in [0.05, 0.1) is 12.2 Å². The molecule has 226 valence electrons. The first kappa shape index (κ1) is 31.7. The Morgan fingerprint density at radius 3 is 2.44 bits per heavy atom. The van der Waals surface area contributed by atoms with Gasteiger partial charge in [-0.2, -0.15) is 0 Å². The number of carbonyl (C=O) groups excluding carboxylic acids is 1. The van der Waals surface area contributed by atoms with Crippen LogP contribution in [0.4, 0.5) is 0 Å². The van der Waals surface area contributed by atoms with Crippen LogP contribution in [0, 0.1) is 46.3 Å². The molecule has 0 radical (unpaired) electrons. The largest absolute Gasteiger partial charge is 0.393 e. The molecule has 10 atom stereocenters. The summed E-state index contributed by atoms with van der Waals surface area (Å²) in [5, 5.41) is 22.9. The Kier molecular flexibility index (Phi) is 9.56. The van der Waals surface area contributed by atoms with Crippen LogP contribution in [0.25, 0.3) is 0 Å². The number of fused-ring (bicyclic) bond motifs is 5. The summed E-state index contributed by atoms with van der Waals surface area (Å²) in [5.41, 5.74) is -1.95. The van der Waals surface area contributed by atoms with Crippen LogP contribution in [0.2, 0.25) is 25.7 Å². The molecule has 2 N–H and O–H groups in total. The van der Waals surface area contributed by atoms with Crippen molar-refractivity contribution in [2.75, 3.05) is 13.4 Å². The van der Waals surface area contributed by atoms with Crippen molar-refractivity contribution >= 4 is 13.9 Å². The van der Waals surface area contributed by atoms with Gasteiger partial charge in [-0.05, 0) is 72.6 Å². The summed E-state index contributed by atoms with van der Waals surface area (Å²) in [4.78, 5) is 13.9. The molecule has 4 aliphatic carbocycles. The topological polar surface area (TPSA) is 76.0 Å². The summed E-state index contributed by atoms with van der Waals surface area (Å²) in [6, 6.07) is 1.07. The lowest BCUT2D eigenvalue weighted by molar-refractivity contribution is -0.265. The van der Waals surface area contributed by atoms with Crippen molar-refractivity contribution in [3.05, 3.63) is 0 Å². The maximum Gasteiger partial charge on any atom is 0.165 e. The smallest absolute Gasteiger partial charge is 0.165 e. The van der Waals surface area contributed by atoms with Gasteiger partial charge in [0.25, 0.3) is 0 Å². The van der Waals surface area contributed by atoms with Crippen LogP contribution in [0.5, 0.6) is 0 Å². The third-order valence-corrected chi connectivity index (χ3v) is 13.9. The lowest BCUT2D eigenvalue weighted by atomic mass is 9.42. The number of ether oxygens (including phenoxy) is 2. The van der Waals surface area contributed by atoms with E-state index in [2.05, 4.69) is 54.3 Å². The lowest BCUT2D eigenvalue weighted by Gasteiger charge is -2.64. The van der Waals surface area contributed by atoms with Gasteiger partial charge >= 0.3 is 0 Å². The van der Waals surface area contributed by atoms with Crippen molar-refractivity contribution in [1.29, 1.82) is 0 Å². The van der Waals surface area contributed by atoms with Crippen molar-refractivity contribution in [1.82, 2.24) is 0 Å². The highest BCUT2D eigenvalue weighted by atomic mass is 28.3. The zero-order valence-corrected chi connectivity index (χ0v) is 27.4. The zero-order valence-electron chi connectivity index (χ0n) is 26.4. The predicted molar refractivity (Wildman–Crippen MR) is 160 cm³/mol. The first-order valence-electron chi connectivity index (χ1n) is 16.3. The Bertz CT molecular complexity index is 856. The molecule has 0 aromatic rings. The van der Waals surface area contributed by atoms with Crippen LogP contribution in [-0.2, 0) is 14.3 Å². The second kappa shape index (κ2) is 11.8. The van der Waals surface area contributed by atoms with Gasteiger partial charge < -0.3 is 19.7 Å². The Morgan fingerprint density at radius 1 is 1.05 bits per heavy atom. The number of rotatable bonds is 11. The van der Waals surface area contributed by atoms with Gasteiger partial charge in [-0.3, -0.25) is 4.79 Å². The summed E-state index contributed by atoms with van der Waals surface area (Å²) in [6.45, 7) is 19.6. The average Bonchev–Trinajstić information content (AvgIpc) is 3.17. The van der Waals surface area contributed by atoms with Crippen LogP contribution in [-0.4, -0.2) is 55.3 Å². The molecule has 0 aliphatic heterocycles. The maximum atomic E-state index is 13.9. The molecule has 0 aromatic carbocycles. The second-order valence-corrected chi connectivity index (χ2v) is 21.9. The summed E-state index contributed by atoms with van der Waals surface area (Å²) in [7, 11) is -1.20. The SMILES string of the molecule is CC(C)CCC[C@@H](C)[C@H]1CC[C@H]2[C@@H]3CC(=O)[C@@]4(O)C[C@@H](O)C[C@@H](OCOCC[Si](C)(C)C)[C@]4(C)[C@H]3CC[C@]12C. The van der Waals surface area contributed by atoms with Crippen molar-refractivity contribution in [3.63, 3.8) is 0 Å². The first-order valence-corrected chi connectivity index (χ1v) is 20.0. The monoisotopic (exact) mass is 564 g/mol. The van der Waals surface area contributed by atoms with Crippen LogP contribution < -0.4 is 0 Å². The standard InChI is InChI=1S/C33H60O5Si/c1-22(2)10-9-11-23(3)26-12-13-27-25-19-29(35)33(36)20-24(34)18-30(38-21-37-16-17-39(6,7)8)32(33,5)28(25)14-15-31(26,27)4/h22-28,30,34,36H,9-21H2,1-8H3/t23-,24+,25+,26-,27+,28+,30-,31-,32+,33+/m1/s1. The molecule has 4 aliphatic rings. The molecule has 4 saturated carbocycles. The van der Waals surface area contributed by atoms with Crippen LogP contribution in [0.1, 0.15) is 98.8 Å². The lowest BCUT2D eigenvalue weighted by Crippen LogP contribution is -2.72. The van der Waals surface area contributed by atoms with Crippen molar-refractivity contribution in [2.24, 2.45) is 46.3 Å². The molecule has 0 unspecified atom stereocenters. The Labute approximate surface area is 240 Å². The highest BCUT2D eigenvalue weighted by Gasteiger charge is 2.70. The molecule has 0 heterocycles. The minimum atomic E-state index is -1.52. The minimum Gasteiger partial charge on any atom is -0.393 e. The van der Waals surface area contributed by atoms with Crippen molar-refractivity contribution < 1.29 is 24.5 Å². The fourth-order valence-corrected chi connectivity index (χ4v) is 10.7. The molecule has 4 fully saturated rings. The van der Waals surface area contributed by atoms with E-state index in [1.807, 2.05) is 0 Å². The van der Waals surface area contributed by atoms with Gasteiger partial charge in [-0.15, -0.1) is 0 Å². The van der Waals surface area contributed by atoms with E-state index in [-0.39, 0.29) is 36.4 Å². The molecule has 0 amide bonds. The molecular weight excluding hydrogens is 504 g/mol. The van der Waals surface area contributed by atoms with E-state index < -0.39 is 25.2 Å². The van der Waals surface area contributed by atoms with E-state index in [0.29, 0.717) is 31.3 Å². The molecule has 4 rings (SSSR count). The number of aliphatic hydroxyl groups is 2. The molecule has 0 spiro atoms. The third-order valence-electron chi connectivity index (χ3n) is 12.2.